The van der Waals surface area contributed by atoms with Gasteiger partial charge in [0, 0.05) is 29.7 Å². The second-order valence-corrected chi connectivity index (χ2v) is 7.76. The average Bonchev–Trinajstić information content (AvgIpc) is 3.44. The molecule has 0 spiro atoms. The van der Waals surface area contributed by atoms with E-state index in [4.69, 9.17) is 10.00 Å². The van der Waals surface area contributed by atoms with Gasteiger partial charge in [0.05, 0.1) is 18.1 Å². The van der Waals surface area contributed by atoms with Gasteiger partial charge in [-0.1, -0.05) is 6.07 Å². The van der Waals surface area contributed by atoms with Crippen LogP contribution in [0.3, 0.4) is 0 Å². The van der Waals surface area contributed by atoms with Gasteiger partial charge in [0.25, 0.3) is 5.91 Å². The van der Waals surface area contributed by atoms with Gasteiger partial charge in [0.2, 0.25) is 0 Å². The Labute approximate surface area is 171 Å². The van der Waals surface area contributed by atoms with E-state index in [1.807, 2.05) is 52.0 Å². The summed E-state index contributed by atoms with van der Waals surface area (Å²) >= 11 is 0. The number of ether oxygens (including phenoxy) is 1. The highest BCUT2D eigenvalue weighted by molar-refractivity contribution is 5.97. The monoisotopic (exact) mass is 393 g/mol. The largest absolute Gasteiger partial charge is 0.452 e. The van der Waals surface area contributed by atoms with Crippen LogP contribution in [0.25, 0.3) is 0 Å². The second-order valence-electron chi connectivity index (χ2n) is 7.76. The standard InChI is InChI=1S/C23H27N3O3/c1-15-10-16(2)12-20(11-15)25(9-5-8-24)22(27)14-29-23(28)21-13-17(3)26(18(21)4)19-6-7-19/h10-13,19H,5-7,9,14H2,1-4H3. The smallest absolute Gasteiger partial charge is 0.340 e. The molecule has 29 heavy (non-hydrogen) atoms. The Morgan fingerprint density at radius 3 is 2.38 bits per heavy atom. The molecular weight excluding hydrogens is 366 g/mol. The molecule has 0 atom stereocenters. The molecule has 152 valence electrons. The van der Waals surface area contributed by atoms with Crippen molar-refractivity contribution >= 4 is 17.6 Å². The van der Waals surface area contributed by atoms with Gasteiger partial charge in [-0.05, 0) is 69.9 Å². The number of anilines is 1. The summed E-state index contributed by atoms with van der Waals surface area (Å²) in [7, 11) is 0. The molecular formula is C23H27N3O3. The van der Waals surface area contributed by atoms with Crippen LogP contribution in [0.4, 0.5) is 5.69 Å². The number of hydrogen-bond acceptors (Lipinski definition) is 4. The van der Waals surface area contributed by atoms with E-state index in [0.717, 1.165) is 35.4 Å². The summed E-state index contributed by atoms with van der Waals surface area (Å²) in [4.78, 5) is 26.9. The SMILES string of the molecule is Cc1cc(C)cc(N(CCC#N)C(=O)COC(=O)c2cc(C)n(C3CC3)c2C)c1. The van der Waals surface area contributed by atoms with Crippen molar-refractivity contribution in [3.8, 4) is 6.07 Å². The molecule has 0 unspecified atom stereocenters. The van der Waals surface area contributed by atoms with Crippen LogP contribution in [-0.2, 0) is 9.53 Å². The summed E-state index contributed by atoms with van der Waals surface area (Å²) in [5, 5.41) is 8.95. The summed E-state index contributed by atoms with van der Waals surface area (Å²) in [6.45, 7) is 7.71. The van der Waals surface area contributed by atoms with Crippen molar-refractivity contribution in [1.82, 2.24) is 4.57 Å². The average molecular weight is 393 g/mol. The molecule has 3 rings (SSSR count). The lowest BCUT2D eigenvalue weighted by molar-refractivity contribution is -0.121. The van der Waals surface area contributed by atoms with Crippen LogP contribution >= 0.6 is 0 Å². The van der Waals surface area contributed by atoms with Crippen LogP contribution in [0.2, 0.25) is 0 Å². The zero-order valence-electron chi connectivity index (χ0n) is 17.5. The third-order valence-corrected chi connectivity index (χ3v) is 5.21. The molecule has 1 aliphatic carbocycles. The fraction of sp³-hybridized carbons (Fsp3) is 0.435. The van der Waals surface area contributed by atoms with Crippen molar-refractivity contribution in [3.63, 3.8) is 0 Å². The van der Waals surface area contributed by atoms with Gasteiger partial charge in [0.15, 0.2) is 6.61 Å². The lowest BCUT2D eigenvalue weighted by Crippen LogP contribution is -2.35. The van der Waals surface area contributed by atoms with E-state index in [2.05, 4.69) is 10.6 Å². The maximum absolute atomic E-state index is 12.8. The predicted octanol–water partition coefficient (Wildman–Crippen LogP) is 4.16. The fourth-order valence-electron chi connectivity index (χ4n) is 3.83. The molecule has 0 N–H and O–H groups in total. The summed E-state index contributed by atoms with van der Waals surface area (Å²) in [6, 6.07) is 10.2. The Morgan fingerprint density at radius 2 is 1.79 bits per heavy atom. The third-order valence-electron chi connectivity index (χ3n) is 5.21. The first-order valence-electron chi connectivity index (χ1n) is 9.93. The van der Waals surface area contributed by atoms with Gasteiger partial charge >= 0.3 is 5.97 Å². The topological polar surface area (TPSA) is 75.3 Å². The predicted molar refractivity (Wildman–Crippen MR) is 111 cm³/mol. The Balaban J connectivity index is 1.72. The fourth-order valence-corrected chi connectivity index (χ4v) is 3.83. The highest BCUT2D eigenvalue weighted by Crippen LogP contribution is 2.38. The second kappa shape index (κ2) is 8.52. The number of rotatable bonds is 7. The molecule has 1 aromatic heterocycles. The Morgan fingerprint density at radius 1 is 1.14 bits per heavy atom. The number of carbonyl (C=O) groups is 2. The van der Waals surface area contributed by atoms with Gasteiger partial charge in [-0.15, -0.1) is 0 Å². The Bertz CT molecular complexity index is 960. The zero-order chi connectivity index (χ0) is 21.1. The van der Waals surface area contributed by atoms with Crippen LogP contribution in [0, 0.1) is 39.0 Å². The van der Waals surface area contributed by atoms with Crippen LogP contribution in [0.5, 0.6) is 0 Å². The molecule has 1 amide bonds. The van der Waals surface area contributed by atoms with Crippen LogP contribution in [-0.4, -0.2) is 29.6 Å². The maximum Gasteiger partial charge on any atom is 0.340 e. The first-order valence-corrected chi connectivity index (χ1v) is 9.93. The summed E-state index contributed by atoms with van der Waals surface area (Å²) in [5.41, 5.74) is 5.20. The van der Waals surface area contributed by atoms with E-state index in [1.165, 1.54) is 4.90 Å². The minimum atomic E-state index is -0.487. The van der Waals surface area contributed by atoms with Crippen molar-refractivity contribution in [2.45, 2.75) is 53.0 Å². The number of benzene rings is 1. The van der Waals surface area contributed by atoms with Crippen LogP contribution in [0.15, 0.2) is 24.3 Å². The molecule has 0 aliphatic heterocycles. The number of nitrogens with zero attached hydrogens (tertiary/aromatic N) is 3. The number of aryl methyl sites for hydroxylation is 3. The van der Waals surface area contributed by atoms with E-state index >= 15 is 0 Å². The molecule has 6 nitrogen and oxygen atoms in total. The molecule has 0 radical (unpaired) electrons. The molecule has 0 saturated heterocycles. The van der Waals surface area contributed by atoms with E-state index in [0.29, 0.717) is 17.3 Å². The van der Waals surface area contributed by atoms with E-state index < -0.39 is 5.97 Å². The zero-order valence-corrected chi connectivity index (χ0v) is 17.5. The quantitative estimate of drug-likeness (QED) is 0.662. The minimum Gasteiger partial charge on any atom is -0.452 e. The number of carbonyl (C=O) groups excluding carboxylic acids is 2. The third kappa shape index (κ3) is 4.68. The first kappa shape index (κ1) is 20.7. The van der Waals surface area contributed by atoms with Gasteiger partial charge < -0.3 is 14.2 Å². The summed E-state index contributed by atoms with van der Waals surface area (Å²) in [6.07, 6.45) is 2.47. The number of nitriles is 1. The molecule has 1 fully saturated rings. The van der Waals surface area contributed by atoms with Gasteiger partial charge in [-0.3, -0.25) is 4.79 Å². The van der Waals surface area contributed by atoms with Crippen LogP contribution < -0.4 is 4.90 Å². The van der Waals surface area contributed by atoms with Gasteiger partial charge in [0.1, 0.15) is 0 Å². The van der Waals surface area contributed by atoms with E-state index in [1.54, 1.807) is 0 Å². The maximum atomic E-state index is 12.8. The van der Waals surface area contributed by atoms with Gasteiger partial charge in [-0.2, -0.15) is 5.26 Å². The van der Waals surface area contributed by atoms with Gasteiger partial charge in [-0.25, -0.2) is 4.79 Å². The first-order chi connectivity index (χ1) is 13.8. The van der Waals surface area contributed by atoms with Crippen LogP contribution in [0.1, 0.15) is 58.2 Å². The van der Waals surface area contributed by atoms with Crippen molar-refractivity contribution in [3.05, 3.63) is 52.3 Å². The normalized spacial score (nSPS) is 13.1. The van der Waals surface area contributed by atoms with E-state index in [-0.39, 0.29) is 25.5 Å². The highest BCUT2D eigenvalue weighted by atomic mass is 16.5. The van der Waals surface area contributed by atoms with Crippen molar-refractivity contribution in [1.29, 1.82) is 5.26 Å². The highest BCUT2D eigenvalue weighted by Gasteiger charge is 2.29. The minimum absolute atomic E-state index is 0.204. The summed E-state index contributed by atoms with van der Waals surface area (Å²) < 4.78 is 7.53. The summed E-state index contributed by atoms with van der Waals surface area (Å²) in [5.74, 6) is -0.825. The molecule has 1 aromatic carbocycles. The molecule has 0 bridgehead atoms. The molecule has 6 heteroatoms. The number of amides is 1. The molecule has 1 saturated carbocycles. The lowest BCUT2D eigenvalue weighted by Gasteiger charge is -2.22. The molecule has 2 aromatic rings. The number of esters is 1. The van der Waals surface area contributed by atoms with Crippen molar-refractivity contribution < 1.29 is 14.3 Å². The molecule has 1 aliphatic rings. The lowest BCUT2D eigenvalue weighted by atomic mass is 10.1. The van der Waals surface area contributed by atoms with Crippen molar-refractivity contribution in [2.24, 2.45) is 0 Å². The Hall–Kier alpha value is -3.07. The molecule has 1 heterocycles. The Kier molecular flexibility index (Phi) is 6.07. The number of hydrogen-bond donors (Lipinski definition) is 0. The van der Waals surface area contributed by atoms with Crippen molar-refractivity contribution in [2.75, 3.05) is 18.1 Å². The number of aromatic nitrogens is 1. The van der Waals surface area contributed by atoms with E-state index in [9.17, 15) is 9.59 Å².